The summed E-state index contributed by atoms with van der Waals surface area (Å²) in [5.74, 6) is -0.716. The Kier molecular flexibility index (Phi) is 9.43. The minimum absolute atomic E-state index is 0.00796. The highest BCUT2D eigenvalue weighted by Gasteiger charge is 2.27. The number of halogens is 1. The Bertz CT molecular complexity index is 1440. The first kappa shape index (κ1) is 28.6. The van der Waals surface area contributed by atoms with Crippen LogP contribution in [-0.2, 0) is 14.8 Å². The van der Waals surface area contributed by atoms with E-state index in [0.29, 0.717) is 29.4 Å². The summed E-state index contributed by atoms with van der Waals surface area (Å²) < 4.78 is 27.7. The number of hydrogen-bond donors (Lipinski definition) is 1. The molecule has 0 aliphatic rings. The number of nitrogens with zero attached hydrogens (tertiary/aromatic N) is 4. The molecule has 0 bridgehead atoms. The van der Waals surface area contributed by atoms with Gasteiger partial charge in [0.2, 0.25) is 0 Å². The molecule has 12 heteroatoms. The van der Waals surface area contributed by atoms with Crippen molar-refractivity contribution in [3.63, 3.8) is 0 Å². The summed E-state index contributed by atoms with van der Waals surface area (Å²) in [5, 5.41) is 15.8. The molecule has 0 aromatic heterocycles. The first-order chi connectivity index (χ1) is 18.1. The number of anilines is 2. The quantitative estimate of drug-likeness (QED) is 0.206. The number of nitro benzene ring substituents is 1. The lowest BCUT2D eigenvalue weighted by molar-refractivity contribution is -0.384. The Morgan fingerprint density at radius 1 is 1.08 bits per heavy atom. The molecule has 3 rings (SSSR count). The fourth-order valence-electron chi connectivity index (χ4n) is 3.71. The molecule has 0 spiro atoms. The molecule has 0 unspecified atom stereocenters. The van der Waals surface area contributed by atoms with Gasteiger partial charge in [0, 0.05) is 29.7 Å². The van der Waals surface area contributed by atoms with Gasteiger partial charge in [-0.15, -0.1) is 0 Å². The number of sulfonamides is 1. The molecule has 3 aromatic carbocycles. The largest absolute Gasteiger partial charge is 0.367 e. The zero-order chi connectivity index (χ0) is 27.9. The second-order valence-electron chi connectivity index (χ2n) is 8.23. The lowest BCUT2D eigenvalue weighted by Crippen LogP contribution is -2.39. The number of aryl methyl sites for hydroxylation is 1. The Labute approximate surface area is 226 Å². The second-order valence-corrected chi connectivity index (χ2v) is 10.5. The predicted molar refractivity (Wildman–Crippen MR) is 150 cm³/mol. The Balaban J connectivity index is 1.84. The van der Waals surface area contributed by atoms with Gasteiger partial charge in [0.1, 0.15) is 12.2 Å². The van der Waals surface area contributed by atoms with Gasteiger partial charge in [-0.25, -0.2) is 13.8 Å². The van der Waals surface area contributed by atoms with Crippen LogP contribution in [-0.4, -0.2) is 45.1 Å². The third-order valence-corrected chi connectivity index (χ3v) is 7.96. The maximum atomic E-state index is 13.4. The molecule has 3 aromatic rings. The Morgan fingerprint density at radius 2 is 1.76 bits per heavy atom. The van der Waals surface area contributed by atoms with E-state index in [9.17, 15) is 23.3 Å². The van der Waals surface area contributed by atoms with Gasteiger partial charge in [-0.1, -0.05) is 41.9 Å². The maximum absolute atomic E-state index is 13.4. The number of benzene rings is 3. The van der Waals surface area contributed by atoms with Crippen LogP contribution >= 0.6 is 11.6 Å². The number of nitro groups is 1. The molecule has 0 radical (unpaired) electrons. The van der Waals surface area contributed by atoms with Crippen molar-refractivity contribution >= 4 is 50.8 Å². The second kappa shape index (κ2) is 12.5. The Hall–Kier alpha value is -3.96. The van der Waals surface area contributed by atoms with Crippen molar-refractivity contribution in [2.45, 2.75) is 25.7 Å². The predicted octanol–water partition coefficient (Wildman–Crippen LogP) is 4.75. The first-order valence-electron chi connectivity index (χ1n) is 11.8. The smallest absolute Gasteiger partial charge is 0.293 e. The van der Waals surface area contributed by atoms with Crippen LogP contribution in [0.5, 0.6) is 0 Å². The van der Waals surface area contributed by atoms with Crippen molar-refractivity contribution < 1.29 is 18.1 Å². The van der Waals surface area contributed by atoms with Gasteiger partial charge in [0.15, 0.2) is 0 Å². The molecule has 10 nitrogen and oxygen atoms in total. The van der Waals surface area contributed by atoms with E-state index in [4.69, 9.17) is 11.6 Å². The zero-order valence-corrected chi connectivity index (χ0v) is 22.7. The van der Waals surface area contributed by atoms with Gasteiger partial charge >= 0.3 is 0 Å². The fraction of sp³-hybridized carbons (Fsp3) is 0.231. The highest BCUT2D eigenvalue weighted by atomic mass is 35.5. The van der Waals surface area contributed by atoms with E-state index in [2.05, 4.69) is 10.5 Å². The lowest BCUT2D eigenvalue weighted by Gasteiger charge is -2.24. The molecule has 0 saturated heterocycles. The van der Waals surface area contributed by atoms with Crippen molar-refractivity contribution in [1.82, 2.24) is 5.43 Å². The normalized spacial score (nSPS) is 11.4. The van der Waals surface area contributed by atoms with Crippen LogP contribution in [0.15, 0.2) is 76.7 Å². The molecule has 0 aliphatic carbocycles. The van der Waals surface area contributed by atoms with E-state index in [1.807, 2.05) is 18.7 Å². The van der Waals surface area contributed by atoms with Gasteiger partial charge in [0.05, 0.1) is 21.7 Å². The van der Waals surface area contributed by atoms with Gasteiger partial charge in [-0.05, 0) is 56.7 Å². The molecule has 0 atom stereocenters. The number of hydrazone groups is 1. The van der Waals surface area contributed by atoms with Crippen LogP contribution < -0.4 is 14.6 Å². The summed E-state index contributed by atoms with van der Waals surface area (Å²) in [6.45, 7) is 6.23. The van der Waals surface area contributed by atoms with E-state index >= 15 is 0 Å². The standard InChI is InChI=1S/C26H28ClN5O5S/c1-4-30(5-2)24-14-12-20(15-25(24)32(34)35)17-28-29-26(33)18-31(21-13-11-19(3)23(27)16-21)38(36,37)22-9-7-6-8-10-22/h6-17H,4-5,18H2,1-3H3,(H,29,33)/b28-17-. The molecule has 0 aliphatic heterocycles. The molecule has 1 N–H and O–H groups in total. The number of hydrogen-bond acceptors (Lipinski definition) is 7. The van der Waals surface area contributed by atoms with Crippen LogP contribution in [0, 0.1) is 17.0 Å². The maximum Gasteiger partial charge on any atom is 0.293 e. The molecular weight excluding hydrogens is 530 g/mol. The number of rotatable bonds is 11. The summed E-state index contributed by atoms with van der Waals surface area (Å²) in [6, 6.07) is 17.1. The zero-order valence-electron chi connectivity index (χ0n) is 21.2. The number of carbonyl (C=O) groups excluding carboxylic acids is 1. The van der Waals surface area contributed by atoms with Gasteiger partial charge < -0.3 is 4.90 Å². The van der Waals surface area contributed by atoms with Crippen molar-refractivity contribution in [2.75, 3.05) is 28.8 Å². The highest BCUT2D eigenvalue weighted by Crippen LogP contribution is 2.29. The Morgan fingerprint density at radius 3 is 2.37 bits per heavy atom. The topological polar surface area (TPSA) is 125 Å². The highest BCUT2D eigenvalue weighted by molar-refractivity contribution is 7.92. The van der Waals surface area contributed by atoms with Crippen molar-refractivity contribution in [3.8, 4) is 0 Å². The molecule has 200 valence electrons. The molecule has 38 heavy (non-hydrogen) atoms. The molecule has 0 fully saturated rings. The third-order valence-electron chi connectivity index (χ3n) is 5.76. The van der Waals surface area contributed by atoms with E-state index in [-0.39, 0.29) is 16.3 Å². The monoisotopic (exact) mass is 557 g/mol. The number of amides is 1. The number of nitrogens with one attached hydrogen (secondary N) is 1. The van der Waals surface area contributed by atoms with Crippen LogP contribution in [0.2, 0.25) is 5.02 Å². The minimum atomic E-state index is -4.11. The molecule has 0 saturated carbocycles. The van der Waals surface area contributed by atoms with Gasteiger partial charge in [-0.2, -0.15) is 5.10 Å². The van der Waals surface area contributed by atoms with Crippen LogP contribution in [0.1, 0.15) is 25.0 Å². The van der Waals surface area contributed by atoms with E-state index in [1.54, 1.807) is 49.4 Å². The van der Waals surface area contributed by atoms with Crippen molar-refractivity contribution in [2.24, 2.45) is 5.10 Å². The first-order valence-corrected chi connectivity index (χ1v) is 13.6. The molecule has 1 amide bonds. The number of carbonyl (C=O) groups is 1. The third kappa shape index (κ3) is 6.67. The summed E-state index contributed by atoms with van der Waals surface area (Å²) in [7, 11) is -4.11. The van der Waals surface area contributed by atoms with Crippen LogP contribution in [0.3, 0.4) is 0 Å². The SMILES string of the molecule is CCN(CC)c1ccc(/C=N\NC(=O)CN(c2ccc(C)c(Cl)c2)S(=O)(=O)c2ccccc2)cc1[N+](=O)[O-]. The van der Waals surface area contributed by atoms with Crippen molar-refractivity contribution in [1.29, 1.82) is 0 Å². The van der Waals surface area contributed by atoms with Crippen molar-refractivity contribution in [3.05, 3.63) is 93.0 Å². The molecule has 0 heterocycles. The summed E-state index contributed by atoms with van der Waals surface area (Å²) in [6.07, 6.45) is 1.26. The van der Waals surface area contributed by atoms with E-state index in [1.165, 1.54) is 30.5 Å². The molecular formula is C26H28ClN5O5S. The summed E-state index contributed by atoms with van der Waals surface area (Å²) in [5.41, 5.74) is 4.07. The summed E-state index contributed by atoms with van der Waals surface area (Å²) in [4.78, 5) is 25.8. The average molecular weight is 558 g/mol. The fourth-order valence-corrected chi connectivity index (χ4v) is 5.32. The average Bonchev–Trinajstić information content (AvgIpc) is 2.90. The summed E-state index contributed by atoms with van der Waals surface area (Å²) >= 11 is 6.23. The van der Waals surface area contributed by atoms with Crippen LogP contribution in [0.4, 0.5) is 17.1 Å². The van der Waals surface area contributed by atoms with E-state index < -0.39 is 27.4 Å². The van der Waals surface area contributed by atoms with Gasteiger partial charge in [-0.3, -0.25) is 19.2 Å². The van der Waals surface area contributed by atoms with E-state index in [0.717, 1.165) is 9.87 Å². The lowest BCUT2D eigenvalue weighted by atomic mass is 10.1. The van der Waals surface area contributed by atoms with Crippen LogP contribution in [0.25, 0.3) is 0 Å². The van der Waals surface area contributed by atoms with Gasteiger partial charge in [0.25, 0.3) is 21.6 Å². The minimum Gasteiger partial charge on any atom is -0.367 e.